The molecular weight excluding hydrogens is 241 g/mol. The summed E-state index contributed by atoms with van der Waals surface area (Å²) in [6.07, 6.45) is -1.85. The zero-order chi connectivity index (χ0) is 13.1. The van der Waals surface area contributed by atoms with Crippen LogP contribution in [0.4, 0.5) is 4.39 Å². The number of rotatable bonds is 3. The standard InChI is InChI=1S/C11H10FN3O3/c12-8(6-7-4-2-1-3-5-7)15-11(18)13-9(16)10(17)14-15/h1-5,8H,6H2,(H,14,17)(H,13,16,18). The van der Waals surface area contributed by atoms with Gasteiger partial charge in [-0.25, -0.2) is 9.18 Å². The Labute approximate surface area is 100 Å². The SMILES string of the molecule is O=c1[nH]c(=O)n(C(F)Cc2ccccc2)nc1O. The third kappa shape index (κ3) is 2.45. The lowest BCUT2D eigenvalue weighted by Crippen LogP contribution is -2.34. The van der Waals surface area contributed by atoms with Crippen LogP contribution in [0, 0.1) is 0 Å². The van der Waals surface area contributed by atoms with E-state index in [1.165, 1.54) is 0 Å². The van der Waals surface area contributed by atoms with Gasteiger partial charge in [-0.1, -0.05) is 30.3 Å². The fourth-order valence-corrected chi connectivity index (χ4v) is 1.49. The normalized spacial score (nSPS) is 12.3. The number of benzene rings is 1. The highest BCUT2D eigenvalue weighted by molar-refractivity contribution is 5.15. The maximum atomic E-state index is 13.9. The van der Waals surface area contributed by atoms with Crippen molar-refractivity contribution in [1.29, 1.82) is 0 Å². The molecule has 0 amide bonds. The first-order chi connectivity index (χ1) is 8.58. The molecule has 0 spiro atoms. The van der Waals surface area contributed by atoms with E-state index in [1.54, 1.807) is 35.3 Å². The largest absolute Gasteiger partial charge is 0.488 e. The van der Waals surface area contributed by atoms with Crippen LogP contribution in [0.5, 0.6) is 5.88 Å². The van der Waals surface area contributed by atoms with E-state index in [0.717, 1.165) is 0 Å². The van der Waals surface area contributed by atoms with Crippen LogP contribution in [0.1, 0.15) is 11.9 Å². The van der Waals surface area contributed by atoms with Crippen molar-refractivity contribution >= 4 is 0 Å². The number of hydrogen-bond donors (Lipinski definition) is 2. The number of halogens is 1. The first kappa shape index (κ1) is 12.0. The molecule has 18 heavy (non-hydrogen) atoms. The van der Waals surface area contributed by atoms with E-state index in [1.807, 2.05) is 0 Å². The summed E-state index contributed by atoms with van der Waals surface area (Å²) in [6, 6.07) is 8.66. The molecule has 6 nitrogen and oxygen atoms in total. The van der Waals surface area contributed by atoms with Gasteiger partial charge in [-0.15, -0.1) is 5.10 Å². The quantitative estimate of drug-likeness (QED) is 0.823. The average molecular weight is 251 g/mol. The van der Waals surface area contributed by atoms with Gasteiger partial charge in [0.2, 0.25) is 6.30 Å². The van der Waals surface area contributed by atoms with Crippen LogP contribution in [0.15, 0.2) is 39.9 Å². The van der Waals surface area contributed by atoms with E-state index >= 15 is 0 Å². The maximum Gasteiger partial charge on any atom is 0.347 e. The summed E-state index contributed by atoms with van der Waals surface area (Å²) in [6.45, 7) is 0. The molecule has 0 saturated heterocycles. The van der Waals surface area contributed by atoms with E-state index in [4.69, 9.17) is 5.11 Å². The van der Waals surface area contributed by atoms with Crippen molar-refractivity contribution in [3.8, 4) is 5.88 Å². The summed E-state index contributed by atoms with van der Waals surface area (Å²) in [4.78, 5) is 24.0. The number of hydrogen-bond acceptors (Lipinski definition) is 4. The molecule has 0 bridgehead atoms. The van der Waals surface area contributed by atoms with Crippen LogP contribution >= 0.6 is 0 Å². The minimum atomic E-state index is -1.76. The number of aromatic nitrogens is 3. The molecule has 0 fully saturated rings. The van der Waals surface area contributed by atoms with Gasteiger partial charge in [-0.2, -0.15) is 4.68 Å². The van der Waals surface area contributed by atoms with Gasteiger partial charge in [0.15, 0.2) is 0 Å². The number of aromatic hydroxyl groups is 1. The van der Waals surface area contributed by atoms with Crippen LogP contribution in [0.3, 0.4) is 0 Å². The molecule has 1 atom stereocenters. The minimum absolute atomic E-state index is 0.0841. The Morgan fingerprint density at radius 2 is 2.00 bits per heavy atom. The van der Waals surface area contributed by atoms with Gasteiger partial charge in [-0.05, 0) is 5.56 Å². The van der Waals surface area contributed by atoms with Gasteiger partial charge in [0, 0.05) is 6.42 Å². The van der Waals surface area contributed by atoms with Gasteiger partial charge < -0.3 is 5.11 Å². The molecule has 1 heterocycles. The van der Waals surface area contributed by atoms with Crippen molar-refractivity contribution < 1.29 is 9.50 Å². The van der Waals surface area contributed by atoms with Crippen molar-refractivity contribution in [2.75, 3.05) is 0 Å². The summed E-state index contributed by atoms with van der Waals surface area (Å²) in [5, 5.41) is 12.3. The first-order valence-corrected chi connectivity index (χ1v) is 5.18. The average Bonchev–Trinajstić information content (AvgIpc) is 2.35. The van der Waals surface area contributed by atoms with Crippen molar-refractivity contribution in [3.05, 3.63) is 56.7 Å². The topological polar surface area (TPSA) is 88.0 Å². The van der Waals surface area contributed by atoms with Crippen LogP contribution in [-0.2, 0) is 6.42 Å². The van der Waals surface area contributed by atoms with E-state index in [9.17, 15) is 14.0 Å². The van der Waals surface area contributed by atoms with Gasteiger partial charge in [0.25, 0.3) is 5.88 Å². The van der Waals surface area contributed by atoms with Crippen molar-refractivity contribution in [3.63, 3.8) is 0 Å². The molecule has 1 unspecified atom stereocenters. The van der Waals surface area contributed by atoms with Crippen LogP contribution < -0.4 is 11.2 Å². The lowest BCUT2D eigenvalue weighted by atomic mass is 10.1. The van der Waals surface area contributed by atoms with Crippen molar-refractivity contribution in [2.24, 2.45) is 0 Å². The van der Waals surface area contributed by atoms with Crippen molar-refractivity contribution in [2.45, 2.75) is 12.7 Å². The van der Waals surface area contributed by atoms with E-state index < -0.39 is 23.4 Å². The van der Waals surface area contributed by atoms with Gasteiger partial charge in [0.05, 0.1) is 0 Å². The fourth-order valence-electron chi connectivity index (χ4n) is 1.49. The van der Waals surface area contributed by atoms with E-state index in [0.29, 0.717) is 10.2 Å². The monoisotopic (exact) mass is 251 g/mol. The molecule has 2 rings (SSSR count). The predicted molar refractivity (Wildman–Crippen MR) is 61.1 cm³/mol. The molecule has 7 heteroatoms. The summed E-state index contributed by atoms with van der Waals surface area (Å²) >= 11 is 0. The third-order valence-electron chi connectivity index (χ3n) is 2.35. The Balaban J connectivity index is 2.30. The number of alkyl halides is 1. The summed E-state index contributed by atoms with van der Waals surface area (Å²) in [5.74, 6) is -0.940. The zero-order valence-corrected chi connectivity index (χ0v) is 9.21. The maximum absolute atomic E-state index is 13.9. The number of H-pyrrole nitrogens is 1. The highest BCUT2D eigenvalue weighted by Crippen LogP contribution is 2.12. The van der Waals surface area contributed by atoms with E-state index in [-0.39, 0.29) is 6.42 Å². The van der Waals surface area contributed by atoms with Gasteiger partial charge in [-0.3, -0.25) is 9.78 Å². The minimum Gasteiger partial charge on any atom is -0.488 e. The number of nitrogens with zero attached hydrogens (tertiary/aromatic N) is 2. The lowest BCUT2D eigenvalue weighted by Gasteiger charge is -2.09. The van der Waals surface area contributed by atoms with Crippen LogP contribution in [-0.4, -0.2) is 19.9 Å². The Bertz CT molecular complexity index is 651. The second-order valence-electron chi connectivity index (χ2n) is 3.65. The molecule has 0 radical (unpaired) electrons. The number of aromatic amines is 1. The molecule has 2 N–H and O–H groups in total. The fraction of sp³-hybridized carbons (Fsp3) is 0.182. The number of nitrogens with one attached hydrogen (secondary N) is 1. The van der Waals surface area contributed by atoms with Crippen molar-refractivity contribution in [1.82, 2.24) is 14.8 Å². The molecule has 0 saturated carbocycles. The zero-order valence-electron chi connectivity index (χ0n) is 9.21. The summed E-state index contributed by atoms with van der Waals surface area (Å²) in [7, 11) is 0. The molecule has 0 aliphatic heterocycles. The molecule has 2 aromatic rings. The smallest absolute Gasteiger partial charge is 0.347 e. The summed E-state index contributed by atoms with van der Waals surface area (Å²) < 4.78 is 14.3. The van der Waals surface area contributed by atoms with Crippen LogP contribution in [0.2, 0.25) is 0 Å². The molecule has 1 aromatic carbocycles. The Kier molecular flexibility index (Phi) is 3.22. The third-order valence-corrected chi connectivity index (χ3v) is 2.35. The Morgan fingerprint density at radius 3 is 2.67 bits per heavy atom. The Hall–Kier alpha value is -2.44. The predicted octanol–water partition coefficient (Wildman–Crippen LogP) is 0.348. The lowest BCUT2D eigenvalue weighted by molar-refractivity contribution is 0.199. The van der Waals surface area contributed by atoms with Gasteiger partial charge >= 0.3 is 11.2 Å². The highest BCUT2D eigenvalue weighted by Gasteiger charge is 2.15. The second-order valence-corrected chi connectivity index (χ2v) is 3.65. The summed E-state index contributed by atoms with van der Waals surface area (Å²) in [5.41, 5.74) is -1.37. The highest BCUT2D eigenvalue weighted by atomic mass is 19.1. The molecule has 0 aliphatic rings. The molecule has 94 valence electrons. The molecule has 1 aromatic heterocycles. The molecular formula is C11H10FN3O3. The van der Waals surface area contributed by atoms with E-state index in [2.05, 4.69) is 5.10 Å². The first-order valence-electron chi connectivity index (χ1n) is 5.18. The van der Waals surface area contributed by atoms with Gasteiger partial charge in [0.1, 0.15) is 0 Å². The molecule has 0 aliphatic carbocycles. The second kappa shape index (κ2) is 4.82. The van der Waals surface area contributed by atoms with Crippen LogP contribution in [0.25, 0.3) is 0 Å². The Morgan fingerprint density at radius 1 is 1.33 bits per heavy atom.